The number of anilines is 1. The molecule has 0 spiro atoms. The number of methoxy groups -OCH3 is 3. The molecule has 2 aromatic carbocycles. The second-order valence-corrected chi connectivity index (χ2v) is 7.21. The molecule has 0 fully saturated rings. The number of nitrogens with zero attached hydrogens (tertiary/aromatic N) is 2. The third-order valence-electron chi connectivity index (χ3n) is 4.63. The van der Waals surface area contributed by atoms with Crippen LogP contribution < -0.4 is 29.6 Å². The summed E-state index contributed by atoms with van der Waals surface area (Å²) in [6.45, 7) is 3.45. The van der Waals surface area contributed by atoms with Gasteiger partial charge in [-0.15, -0.1) is 0 Å². The molecule has 0 saturated carbocycles. The smallest absolute Gasteiger partial charge is 0.322 e. The molecule has 3 rings (SSSR count). The first-order valence-electron chi connectivity index (χ1n) is 10.3. The van der Waals surface area contributed by atoms with E-state index in [9.17, 15) is 9.59 Å². The van der Waals surface area contributed by atoms with Crippen molar-refractivity contribution in [3.05, 3.63) is 59.4 Å². The van der Waals surface area contributed by atoms with Crippen molar-refractivity contribution < 1.29 is 28.5 Å². The zero-order valence-corrected chi connectivity index (χ0v) is 19.6. The van der Waals surface area contributed by atoms with Crippen LogP contribution in [0.3, 0.4) is 0 Å². The van der Waals surface area contributed by atoms with E-state index >= 15 is 0 Å². The number of hydrogen-bond donors (Lipinski definition) is 2. The Balaban J connectivity index is 1.62. The molecule has 2 N–H and O–H groups in total. The summed E-state index contributed by atoms with van der Waals surface area (Å²) in [5.41, 5.74) is 2.32. The molecule has 0 aliphatic heterocycles. The number of aromatic nitrogens is 2. The third-order valence-corrected chi connectivity index (χ3v) is 4.63. The lowest BCUT2D eigenvalue weighted by atomic mass is 10.1. The van der Waals surface area contributed by atoms with E-state index in [4.69, 9.17) is 18.9 Å². The second-order valence-electron chi connectivity index (χ2n) is 7.21. The number of hydrogen-bond acceptors (Lipinski definition) is 8. The number of ether oxygens (including phenoxy) is 4. The average molecular weight is 466 g/mol. The van der Waals surface area contributed by atoms with Gasteiger partial charge in [0.2, 0.25) is 11.7 Å². The normalized spacial score (nSPS) is 10.3. The Morgan fingerprint density at radius 2 is 1.53 bits per heavy atom. The fourth-order valence-corrected chi connectivity index (χ4v) is 3.16. The SMILES string of the molecule is COc1cc(C(=O)NCC(=O)Nc2cccc(Oc3nc(C)cc(C)n3)c2)cc(OC)c1OC. The van der Waals surface area contributed by atoms with E-state index in [0.717, 1.165) is 11.4 Å². The van der Waals surface area contributed by atoms with Crippen LogP contribution in [0.15, 0.2) is 42.5 Å². The number of aryl methyl sites for hydroxylation is 2. The minimum atomic E-state index is -0.474. The predicted octanol–water partition coefficient (Wildman–Crippen LogP) is 3.28. The highest BCUT2D eigenvalue weighted by atomic mass is 16.5. The Kier molecular flexibility index (Phi) is 7.86. The van der Waals surface area contributed by atoms with Crippen molar-refractivity contribution in [3.8, 4) is 29.0 Å². The van der Waals surface area contributed by atoms with Gasteiger partial charge in [0.05, 0.1) is 27.9 Å². The molecule has 0 saturated heterocycles. The first-order chi connectivity index (χ1) is 16.3. The number of amides is 2. The van der Waals surface area contributed by atoms with Gasteiger partial charge >= 0.3 is 6.01 Å². The van der Waals surface area contributed by atoms with Crippen molar-refractivity contribution in [2.45, 2.75) is 13.8 Å². The molecule has 0 aliphatic carbocycles. The predicted molar refractivity (Wildman–Crippen MR) is 125 cm³/mol. The summed E-state index contributed by atoms with van der Waals surface area (Å²) in [5.74, 6) is 0.609. The molecule has 0 unspecified atom stereocenters. The molecule has 1 heterocycles. The lowest BCUT2D eigenvalue weighted by Crippen LogP contribution is -2.32. The van der Waals surface area contributed by atoms with Gasteiger partial charge in [-0.3, -0.25) is 9.59 Å². The Morgan fingerprint density at radius 3 is 2.12 bits per heavy atom. The summed E-state index contributed by atoms with van der Waals surface area (Å²) in [4.78, 5) is 33.4. The van der Waals surface area contributed by atoms with Crippen LogP contribution in [0.1, 0.15) is 21.7 Å². The van der Waals surface area contributed by atoms with E-state index in [2.05, 4.69) is 20.6 Å². The number of benzene rings is 2. The molecular weight excluding hydrogens is 440 g/mol. The van der Waals surface area contributed by atoms with Crippen LogP contribution in [-0.4, -0.2) is 49.7 Å². The fourth-order valence-electron chi connectivity index (χ4n) is 3.16. The number of rotatable bonds is 9. The summed E-state index contributed by atoms with van der Waals surface area (Å²) >= 11 is 0. The number of nitrogens with one attached hydrogen (secondary N) is 2. The summed E-state index contributed by atoms with van der Waals surface area (Å²) in [6, 6.07) is 11.9. The van der Waals surface area contributed by atoms with Gasteiger partial charge in [-0.05, 0) is 44.2 Å². The largest absolute Gasteiger partial charge is 0.493 e. The molecule has 0 radical (unpaired) electrons. The monoisotopic (exact) mass is 466 g/mol. The second kappa shape index (κ2) is 11.0. The van der Waals surface area contributed by atoms with Crippen LogP contribution in [0, 0.1) is 13.8 Å². The summed E-state index contributed by atoms with van der Waals surface area (Å²) < 4.78 is 21.5. The van der Waals surface area contributed by atoms with Gasteiger partial charge in [0.1, 0.15) is 5.75 Å². The standard InChI is InChI=1S/C24H26N4O6/c1-14-9-15(2)27-24(26-14)34-18-8-6-7-17(12-18)28-21(29)13-25-23(30)16-10-19(31-3)22(33-5)20(11-16)32-4/h6-12H,13H2,1-5H3,(H,25,30)(H,28,29). The molecule has 178 valence electrons. The van der Waals surface area contributed by atoms with Gasteiger partial charge in [0.15, 0.2) is 11.5 Å². The topological polar surface area (TPSA) is 121 Å². The molecule has 0 bridgehead atoms. The highest BCUT2D eigenvalue weighted by molar-refractivity contribution is 6.00. The van der Waals surface area contributed by atoms with Crippen molar-refractivity contribution in [2.75, 3.05) is 33.2 Å². The zero-order chi connectivity index (χ0) is 24.7. The average Bonchev–Trinajstić information content (AvgIpc) is 2.81. The summed E-state index contributed by atoms with van der Waals surface area (Å²) in [5, 5.41) is 5.29. The van der Waals surface area contributed by atoms with Crippen molar-refractivity contribution in [1.29, 1.82) is 0 Å². The van der Waals surface area contributed by atoms with Gasteiger partial charge in [0, 0.05) is 28.7 Å². The maximum absolute atomic E-state index is 12.6. The van der Waals surface area contributed by atoms with E-state index in [1.807, 2.05) is 19.9 Å². The Morgan fingerprint density at radius 1 is 0.882 bits per heavy atom. The lowest BCUT2D eigenvalue weighted by Gasteiger charge is -2.14. The number of carbonyl (C=O) groups excluding carboxylic acids is 2. The van der Waals surface area contributed by atoms with Crippen LogP contribution in [0.2, 0.25) is 0 Å². The highest BCUT2D eigenvalue weighted by Crippen LogP contribution is 2.38. The fraction of sp³-hybridized carbons (Fsp3) is 0.250. The molecular formula is C24H26N4O6. The van der Waals surface area contributed by atoms with Crippen molar-refractivity contribution >= 4 is 17.5 Å². The van der Waals surface area contributed by atoms with Crippen molar-refractivity contribution in [1.82, 2.24) is 15.3 Å². The van der Waals surface area contributed by atoms with E-state index in [0.29, 0.717) is 28.7 Å². The van der Waals surface area contributed by atoms with E-state index < -0.39 is 11.8 Å². The molecule has 2 amide bonds. The maximum atomic E-state index is 12.6. The van der Waals surface area contributed by atoms with Crippen LogP contribution in [-0.2, 0) is 4.79 Å². The van der Waals surface area contributed by atoms with Gasteiger partial charge in [-0.1, -0.05) is 6.07 Å². The highest BCUT2D eigenvalue weighted by Gasteiger charge is 2.17. The molecule has 10 nitrogen and oxygen atoms in total. The zero-order valence-electron chi connectivity index (χ0n) is 19.6. The van der Waals surface area contributed by atoms with Gasteiger partial charge in [-0.25, -0.2) is 9.97 Å². The number of carbonyl (C=O) groups is 2. The summed E-state index contributed by atoms with van der Waals surface area (Å²) in [6.07, 6.45) is 0. The molecule has 3 aromatic rings. The Bertz CT molecular complexity index is 1150. The van der Waals surface area contributed by atoms with Crippen LogP contribution in [0.25, 0.3) is 0 Å². The minimum Gasteiger partial charge on any atom is -0.493 e. The lowest BCUT2D eigenvalue weighted by molar-refractivity contribution is -0.115. The van der Waals surface area contributed by atoms with E-state index in [-0.39, 0.29) is 18.1 Å². The first kappa shape index (κ1) is 24.3. The van der Waals surface area contributed by atoms with Gasteiger partial charge in [0.25, 0.3) is 5.91 Å². The first-order valence-corrected chi connectivity index (χ1v) is 10.3. The van der Waals surface area contributed by atoms with E-state index in [1.54, 1.807) is 24.3 Å². The van der Waals surface area contributed by atoms with E-state index in [1.165, 1.54) is 33.5 Å². The molecule has 34 heavy (non-hydrogen) atoms. The third kappa shape index (κ3) is 6.12. The van der Waals surface area contributed by atoms with Crippen LogP contribution >= 0.6 is 0 Å². The van der Waals surface area contributed by atoms with Crippen LogP contribution in [0.5, 0.6) is 29.0 Å². The Labute approximate surface area is 197 Å². The Hall–Kier alpha value is -4.34. The molecule has 1 aromatic heterocycles. The van der Waals surface area contributed by atoms with Gasteiger partial charge in [-0.2, -0.15) is 0 Å². The van der Waals surface area contributed by atoms with Crippen molar-refractivity contribution in [3.63, 3.8) is 0 Å². The van der Waals surface area contributed by atoms with Crippen molar-refractivity contribution in [2.24, 2.45) is 0 Å². The minimum absolute atomic E-state index is 0.221. The quantitative estimate of drug-likeness (QED) is 0.493. The molecule has 10 heteroatoms. The van der Waals surface area contributed by atoms with Crippen LogP contribution in [0.4, 0.5) is 5.69 Å². The molecule has 0 atom stereocenters. The maximum Gasteiger partial charge on any atom is 0.322 e. The van der Waals surface area contributed by atoms with Gasteiger partial charge < -0.3 is 29.6 Å². The summed E-state index contributed by atoms with van der Waals surface area (Å²) in [7, 11) is 4.38. The molecule has 0 aliphatic rings.